The van der Waals surface area contributed by atoms with Crippen LogP contribution in [0.5, 0.6) is 0 Å². The Morgan fingerprint density at radius 2 is 1.50 bits per heavy atom. The number of carbonyl (C=O) groups excluding carboxylic acids is 1. The van der Waals surface area contributed by atoms with E-state index in [9.17, 15) is 35.5 Å². The molecule has 0 heterocycles. The molecule has 0 spiro atoms. The molecule has 0 aromatic rings. The fourth-order valence-corrected chi connectivity index (χ4v) is 2.66. The van der Waals surface area contributed by atoms with Crippen molar-refractivity contribution < 1.29 is 45.0 Å². The first-order valence-corrected chi connectivity index (χ1v) is 10.3. The van der Waals surface area contributed by atoms with Crippen LogP contribution in [0.15, 0.2) is 0 Å². The average molecular weight is 399 g/mol. The van der Waals surface area contributed by atoms with Gasteiger partial charge in [0.05, 0.1) is 6.61 Å². The zero-order valence-corrected chi connectivity index (χ0v) is 13.5. The van der Waals surface area contributed by atoms with Crippen LogP contribution in [-0.4, -0.2) is 44.1 Å². The van der Waals surface area contributed by atoms with Crippen molar-refractivity contribution in [2.45, 2.75) is 37.2 Å². The second kappa shape index (κ2) is 7.54. The SMILES string of the molecule is C[Si](Cl)(Cl)CCCOC(=O)COC(F)(C(F)(F)F)C(F)(F)F. The molecule has 3 nitrogen and oxygen atoms in total. The standard InChI is InChI=1S/C9H11Cl2F7O3Si/c1-22(10,11)4-2-3-20-6(19)5-21-7(12,8(13,14)15)9(16,17)18/h2-5H2,1H3. The maximum absolute atomic E-state index is 13.0. The Balaban J connectivity index is 4.43. The highest BCUT2D eigenvalue weighted by Gasteiger charge is 2.74. The van der Waals surface area contributed by atoms with Crippen LogP contribution in [0.25, 0.3) is 0 Å². The monoisotopic (exact) mass is 398 g/mol. The third kappa shape index (κ3) is 6.88. The van der Waals surface area contributed by atoms with Gasteiger partial charge in [-0.2, -0.15) is 30.7 Å². The lowest BCUT2D eigenvalue weighted by molar-refractivity contribution is -0.428. The predicted molar refractivity (Wildman–Crippen MR) is 65.6 cm³/mol. The first-order chi connectivity index (χ1) is 9.60. The Labute approximate surface area is 131 Å². The maximum Gasteiger partial charge on any atom is 0.458 e. The number of hydrogen-bond acceptors (Lipinski definition) is 3. The molecule has 13 heteroatoms. The summed E-state index contributed by atoms with van der Waals surface area (Å²) in [6.45, 7) is -3.10. The molecule has 0 bridgehead atoms. The van der Waals surface area contributed by atoms with Crippen molar-refractivity contribution in [2.75, 3.05) is 13.2 Å². The van der Waals surface area contributed by atoms with Crippen molar-refractivity contribution in [1.29, 1.82) is 0 Å². The van der Waals surface area contributed by atoms with Crippen LogP contribution >= 0.6 is 22.2 Å². The summed E-state index contributed by atoms with van der Waals surface area (Å²) in [7, 11) is 0. The van der Waals surface area contributed by atoms with Crippen LogP contribution in [0, 0.1) is 0 Å². The second-order valence-corrected chi connectivity index (χ2v) is 12.5. The molecular weight excluding hydrogens is 388 g/mol. The lowest BCUT2D eigenvalue weighted by Gasteiger charge is -2.29. The van der Waals surface area contributed by atoms with Gasteiger partial charge in [-0.3, -0.25) is 0 Å². The van der Waals surface area contributed by atoms with E-state index >= 15 is 0 Å². The molecule has 0 saturated carbocycles. The van der Waals surface area contributed by atoms with Gasteiger partial charge in [-0.25, -0.2) is 4.79 Å². The van der Waals surface area contributed by atoms with Gasteiger partial charge >= 0.3 is 24.2 Å². The van der Waals surface area contributed by atoms with E-state index in [0.717, 1.165) is 0 Å². The van der Waals surface area contributed by atoms with Gasteiger partial charge in [0.15, 0.2) is 0 Å². The molecule has 0 aliphatic carbocycles. The van der Waals surface area contributed by atoms with E-state index in [1.54, 1.807) is 6.55 Å². The second-order valence-electron chi connectivity index (χ2n) is 4.27. The zero-order valence-electron chi connectivity index (χ0n) is 11.0. The molecule has 132 valence electrons. The number of rotatable bonds is 7. The molecule has 0 aliphatic heterocycles. The quantitative estimate of drug-likeness (QED) is 0.211. The molecule has 0 aromatic carbocycles. The number of carbonyl (C=O) groups is 1. The van der Waals surface area contributed by atoms with Crippen LogP contribution in [0.4, 0.5) is 30.7 Å². The van der Waals surface area contributed by atoms with Crippen molar-refractivity contribution in [3.05, 3.63) is 0 Å². The van der Waals surface area contributed by atoms with Crippen molar-refractivity contribution in [3.63, 3.8) is 0 Å². The molecule has 0 atom stereocenters. The molecular formula is C9H11Cl2F7O3Si. The Kier molecular flexibility index (Phi) is 7.45. The smallest absolute Gasteiger partial charge is 0.458 e. The third-order valence-corrected chi connectivity index (χ3v) is 4.51. The molecule has 0 N–H and O–H groups in total. The minimum atomic E-state index is -6.39. The summed E-state index contributed by atoms with van der Waals surface area (Å²) in [6.07, 6.45) is -12.6. The molecule has 0 fully saturated rings. The largest absolute Gasteiger partial charge is 0.464 e. The number of hydrogen-bond donors (Lipinski definition) is 0. The fraction of sp³-hybridized carbons (Fsp3) is 0.889. The van der Waals surface area contributed by atoms with Crippen LogP contribution in [0.1, 0.15) is 6.42 Å². The summed E-state index contributed by atoms with van der Waals surface area (Å²) in [4.78, 5) is 11.0. The average Bonchev–Trinajstić information content (AvgIpc) is 2.27. The summed E-state index contributed by atoms with van der Waals surface area (Å²) in [5.41, 5.74) is 0. The summed E-state index contributed by atoms with van der Waals surface area (Å²) in [6, 6.07) is 0.280. The van der Waals surface area contributed by atoms with E-state index in [1.165, 1.54) is 0 Å². The predicted octanol–water partition coefficient (Wildman–Crippen LogP) is 4.28. The van der Waals surface area contributed by atoms with E-state index < -0.39 is 37.5 Å². The highest BCUT2D eigenvalue weighted by molar-refractivity contribution is 7.44. The van der Waals surface area contributed by atoms with Gasteiger partial charge in [0.2, 0.25) is 6.69 Å². The molecule has 0 rings (SSSR count). The van der Waals surface area contributed by atoms with Gasteiger partial charge < -0.3 is 9.47 Å². The number of halogens is 9. The van der Waals surface area contributed by atoms with E-state index in [1.807, 2.05) is 0 Å². The highest BCUT2D eigenvalue weighted by Crippen LogP contribution is 2.46. The number of ether oxygens (including phenoxy) is 2. The van der Waals surface area contributed by atoms with Crippen molar-refractivity contribution in [2.24, 2.45) is 0 Å². The van der Waals surface area contributed by atoms with Gasteiger partial charge in [-0.15, -0.1) is 22.2 Å². The highest BCUT2D eigenvalue weighted by atomic mass is 35.7. The minimum Gasteiger partial charge on any atom is -0.464 e. The molecule has 0 unspecified atom stereocenters. The van der Waals surface area contributed by atoms with Gasteiger partial charge in [-0.1, -0.05) is 0 Å². The van der Waals surface area contributed by atoms with E-state index in [-0.39, 0.29) is 19.1 Å². The van der Waals surface area contributed by atoms with Gasteiger partial charge in [0, 0.05) is 0 Å². The fourth-order valence-electron chi connectivity index (χ4n) is 1.09. The Morgan fingerprint density at radius 1 is 1.05 bits per heavy atom. The van der Waals surface area contributed by atoms with Crippen molar-refractivity contribution >= 4 is 34.8 Å². The summed E-state index contributed by atoms with van der Waals surface area (Å²) in [5, 5.41) is 0. The summed E-state index contributed by atoms with van der Waals surface area (Å²) < 4.78 is 92.9. The van der Waals surface area contributed by atoms with Gasteiger partial charge in [0.1, 0.15) is 6.61 Å². The number of alkyl halides is 7. The van der Waals surface area contributed by atoms with Crippen LogP contribution < -0.4 is 0 Å². The lowest BCUT2D eigenvalue weighted by Crippen LogP contribution is -2.55. The molecule has 0 amide bonds. The van der Waals surface area contributed by atoms with E-state index in [0.29, 0.717) is 0 Å². The van der Waals surface area contributed by atoms with Gasteiger partial charge in [-0.05, 0) is 19.0 Å². The van der Waals surface area contributed by atoms with Crippen LogP contribution in [0.3, 0.4) is 0 Å². The third-order valence-electron chi connectivity index (χ3n) is 2.14. The molecule has 22 heavy (non-hydrogen) atoms. The lowest BCUT2D eigenvalue weighted by atomic mass is 10.3. The van der Waals surface area contributed by atoms with Crippen molar-refractivity contribution in [3.8, 4) is 0 Å². The summed E-state index contributed by atoms with van der Waals surface area (Å²) >= 11 is 11.4. The van der Waals surface area contributed by atoms with E-state index in [2.05, 4.69) is 9.47 Å². The molecule has 0 radical (unpaired) electrons. The first-order valence-electron chi connectivity index (χ1n) is 5.60. The normalized spacial score (nSPS) is 14.1. The Morgan fingerprint density at radius 3 is 1.86 bits per heavy atom. The first kappa shape index (κ1) is 21.7. The maximum atomic E-state index is 13.0. The van der Waals surface area contributed by atoms with Crippen LogP contribution in [-0.2, 0) is 14.3 Å². The molecule has 0 aromatic heterocycles. The van der Waals surface area contributed by atoms with E-state index in [4.69, 9.17) is 22.2 Å². The Bertz CT molecular complexity index is 367. The zero-order chi connectivity index (χ0) is 17.8. The Hall–Kier alpha value is -0.263. The molecule has 0 saturated heterocycles. The number of esters is 1. The minimum absolute atomic E-state index is 0.154. The van der Waals surface area contributed by atoms with Gasteiger partial charge in [0.25, 0.3) is 0 Å². The van der Waals surface area contributed by atoms with Crippen LogP contribution in [0.2, 0.25) is 12.6 Å². The van der Waals surface area contributed by atoms with Crippen molar-refractivity contribution in [1.82, 2.24) is 0 Å². The topological polar surface area (TPSA) is 35.5 Å². The summed E-state index contributed by atoms with van der Waals surface area (Å²) in [5.74, 6) is -7.53. The molecule has 0 aliphatic rings.